The summed E-state index contributed by atoms with van der Waals surface area (Å²) in [5.74, 6) is 0. The molecule has 0 aromatic carbocycles. The molecule has 0 aliphatic heterocycles. The minimum Gasteiger partial charge on any atom is -0.366 e. The normalized spacial score (nSPS) is 14.7. The summed E-state index contributed by atoms with van der Waals surface area (Å²) in [6.07, 6.45) is 7.10. The van der Waals surface area contributed by atoms with Crippen LogP contribution in [0.15, 0.2) is 18.5 Å². The topological polar surface area (TPSA) is 39.9 Å². The Hall–Kier alpha value is -1.56. The van der Waals surface area contributed by atoms with Crippen LogP contribution in [0.1, 0.15) is 31.7 Å². The SMILES string of the molecule is CCCN(c1cnccc1C#N)C1CC1. The van der Waals surface area contributed by atoms with E-state index in [1.165, 1.54) is 12.8 Å². The second-order valence-corrected chi connectivity index (χ2v) is 3.93. The van der Waals surface area contributed by atoms with Crippen molar-refractivity contribution in [1.29, 1.82) is 5.26 Å². The molecule has 0 atom stereocenters. The predicted octanol–water partition coefficient (Wildman–Crippen LogP) is 2.33. The zero-order chi connectivity index (χ0) is 10.7. The highest BCUT2D eigenvalue weighted by Crippen LogP contribution is 2.32. The zero-order valence-electron chi connectivity index (χ0n) is 8.98. The molecular weight excluding hydrogens is 186 g/mol. The van der Waals surface area contributed by atoms with Gasteiger partial charge in [-0.25, -0.2) is 0 Å². The quantitative estimate of drug-likeness (QED) is 0.750. The van der Waals surface area contributed by atoms with Gasteiger partial charge in [0.25, 0.3) is 0 Å². The summed E-state index contributed by atoms with van der Waals surface area (Å²) in [6, 6.07) is 4.67. The lowest BCUT2D eigenvalue weighted by atomic mass is 10.2. The van der Waals surface area contributed by atoms with Gasteiger partial charge < -0.3 is 4.90 Å². The van der Waals surface area contributed by atoms with Gasteiger partial charge in [-0.15, -0.1) is 0 Å². The second-order valence-electron chi connectivity index (χ2n) is 3.93. The fourth-order valence-electron chi connectivity index (χ4n) is 1.84. The monoisotopic (exact) mass is 201 g/mol. The first kappa shape index (κ1) is 9.97. The van der Waals surface area contributed by atoms with E-state index in [1.807, 2.05) is 6.20 Å². The lowest BCUT2D eigenvalue weighted by Crippen LogP contribution is -2.27. The van der Waals surface area contributed by atoms with Crippen LogP contribution >= 0.6 is 0 Å². The zero-order valence-corrected chi connectivity index (χ0v) is 8.98. The van der Waals surface area contributed by atoms with Crippen molar-refractivity contribution in [2.45, 2.75) is 32.2 Å². The number of rotatable bonds is 4. The Bertz CT molecular complexity index is 377. The van der Waals surface area contributed by atoms with Gasteiger partial charge in [-0.3, -0.25) is 4.98 Å². The molecule has 1 aliphatic rings. The molecule has 2 rings (SSSR count). The van der Waals surface area contributed by atoms with Gasteiger partial charge in [-0.05, 0) is 25.3 Å². The predicted molar refractivity (Wildman–Crippen MR) is 59.6 cm³/mol. The van der Waals surface area contributed by atoms with Crippen LogP contribution in [0.4, 0.5) is 5.69 Å². The standard InChI is InChI=1S/C12H15N3/c1-2-7-15(11-3-4-11)12-9-14-6-5-10(12)8-13/h5-6,9,11H,2-4,7H2,1H3. The molecule has 3 nitrogen and oxygen atoms in total. The molecule has 0 unspecified atom stereocenters. The average Bonchev–Trinajstić information content (AvgIpc) is 3.10. The third-order valence-corrected chi connectivity index (χ3v) is 2.68. The Morgan fingerprint density at radius 3 is 3.00 bits per heavy atom. The maximum Gasteiger partial charge on any atom is 0.101 e. The molecule has 1 saturated carbocycles. The Kier molecular flexibility index (Phi) is 2.86. The van der Waals surface area contributed by atoms with E-state index in [2.05, 4.69) is 22.9 Å². The summed E-state index contributed by atoms with van der Waals surface area (Å²) < 4.78 is 0. The Labute approximate surface area is 90.4 Å². The summed E-state index contributed by atoms with van der Waals surface area (Å²) in [7, 11) is 0. The molecule has 1 aromatic rings. The van der Waals surface area contributed by atoms with E-state index in [0.29, 0.717) is 6.04 Å². The Morgan fingerprint density at radius 1 is 1.60 bits per heavy atom. The molecule has 0 radical (unpaired) electrons. The van der Waals surface area contributed by atoms with Crippen LogP contribution in [0, 0.1) is 11.3 Å². The van der Waals surface area contributed by atoms with Gasteiger partial charge in [0.2, 0.25) is 0 Å². The van der Waals surface area contributed by atoms with E-state index < -0.39 is 0 Å². The van der Waals surface area contributed by atoms with Crippen molar-refractivity contribution in [2.24, 2.45) is 0 Å². The highest BCUT2D eigenvalue weighted by molar-refractivity contribution is 5.58. The van der Waals surface area contributed by atoms with E-state index in [1.54, 1.807) is 12.3 Å². The van der Waals surface area contributed by atoms with Crippen LogP contribution in [-0.4, -0.2) is 17.6 Å². The summed E-state index contributed by atoms with van der Waals surface area (Å²) in [5, 5.41) is 9.03. The molecule has 1 fully saturated rings. The van der Waals surface area contributed by atoms with Crippen LogP contribution in [0.5, 0.6) is 0 Å². The molecule has 15 heavy (non-hydrogen) atoms. The number of hydrogen-bond acceptors (Lipinski definition) is 3. The Balaban J connectivity index is 2.28. The third-order valence-electron chi connectivity index (χ3n) is 2.68. The molecule has 78 valence electrons. The van der Waals surface area contributed by atoms with Crippen molar-refractivity contribution < 1.29 is 0 Å². The lowest BCUT2D eigenvalue weighted by molar-refractivity contribution is 0.760. The summed E-state index contributed by atoms with van der Waals surface area (Å²) in [5.41, 5.74) is 1.75. The van der Waals surface area contributed by atoms with Crippen molar-refractivity contribution in [3.8, 4) is 6.07 Å². The summed E-state index contributed by atoms with van der Waals surface area (Å²) >= 11 is 0. The molecule has 0 saturated heterocycles. The van der Waals surface area contributed by atoms with Gasteiger partial charge in [0.15, 0.2) is 0 Å². The number of hydrogen-bond donors (Lipinski definition) is 0. The largest absolute Gasteiger partial charge is 0.366 e. The maximum absolute atomic E-state index is 9.03. The van der Waals surface area contributed by atoms with E-state index in [9.17, 15) is 0 Å². The minimum absolute atomic E-state index is 0.640. The van der Waals surface area contributed by atoms with E-state index >= 15 is 0 Å². The number of anilines is 1. The van der Waals surface area contributed by atoms with E-state index in [-0.39, 0.29) is 0 Å². The first-order valence-electron chi connectivity index (χ1n) is 5.47. The van der Waals surface area contributed by atoms with Crippen molar-refractivity contribution in [2.75, 3.05) is 11.4 Å². The van der Waals surface area contributed by atoms with E-state index in [4.69, 9.17) is 5.26 Å². The fourth-order valence-corrected chi connectivity index (χ4v) is 1.84. The third kappa shape index (κ3) is 2.10. The molecule has 0 bridgehead atoms. The molecule has 0 N–H and O–H groups in total. The lowest BCUT2D eigenvalue weighted by Gasteiger charge is -2.24. The summed E-state index contributed by atoms with van der Waals surface area (Å²) in [4.78, 5) is 6.44. The molecule has 0 amide bonds. The first-order valence-corrected chi connectivity index (χ1v) is 5.47. The highest BCUT2D eigenvalue weighted by atomic mass is 15.2. The van der Waals surface area contributed by atoms with Crippen LogP contribution in [0.2, 0.25) is 0 Å². The van der Waals surface area contributed by atoms with Gasteiger partial charge >= 0.3 is 0 Å². The molecule has 3 heteroatoms. The number of pyridine rings is 1. The van der Waals surface area contributed by atoms with Crippen molar-refractivity contribution in [3.05, 3.63) is 24.0 Å². The van der Waals surface area contributed by atoms with Crippen LogP contribution in [0.3, 0.4) is 0 Å². The van der Waals surface area contributed by atoms with Gasteiger partial charge in [0, 0.05) is 18.8 Å². The first-order chi connectivity index (χ1) is 7.36. The fraction of sp³-hybridized carbons (Fsp3) is 0.500. The average molecular weight is 201 g/mol. The van der Waals surface area contributed by atoms with Gasteiger partial charge in [0.1, 0.15) is 6.07 Å². The van der Waals surface area contributed by atoms with E-state index in [0.717, 1.165) is 24.2 Å². The number of aromatic nitrogens is 1. The number of nitriles is 1. The molecule has 1 aliphatic carbocycles. The molecule has 1 heterocycles. The maximum atomic E-state index is 9.03. The minimum atomic E-state index is 0.640. The van der Waals surface area contributed by atoms with Gasteiger partial charge in [0.05, 0.1) is 17.4 Å². The Morgan fingerprint density at radius 2 is 2.40 bits per heavy atom. The van der Waals surface area contributed by atoms with Crippen LogP contribution in [0.25, 0.3) is 0 Å². The molecule has 0 spiro atoms. The second kappa shape index (κ2) is 4.31. The number of nitrogens with zero attached hydrogens (tertiary/aromatic N) is 3. The van der Waals surface area contributed by atoms with Crippen molar-refractivity contribution >= 4 is 5.69 Å². The molecule has 1 aromatic heterocycles. The summed E-state index contributed by atoms with van der Waals surface area (Å²) in [6.45, 7) is 3.18. The molecular formula is C12H15N3. The van der Waals surface area contributed by atoms with Crippen LogP contribution in [-0.2, 0) is 0 Å². The smallest absolute Gasteiger partial charge is 0.101 e. The van der Waals surface area contributed by atoms with Crippen molar-refractivity contribution in [3.63, 3.8) is 0 Å². The highest BCUT2D eigenvalue weighted by Gasteiger charge is 2.29. The van der Waals surface area contributed by atoms with Crippen molar-refractivity contribution in [1.82, 2.24) is 4.98 Å². The van der Waals surface area contributed by atoms with Crippen LogP contribution < -0.4 is 4.90 Å². The van der Waals surface area contributed by atoms with Gasteiger partial charge in [-0.1, -0.05) is 6.92 Å². The van der Waals surface area contributed by atoms with Gasteiger partial charge in [-0.2, -0.15) is 5.26 Å².